The van der Waals surface area contributed by atoms with Crippen molar-refractivity contribution in [3.63, 3.8) is 0 Å². The molecule has 0 unspecified atom stereocenters. The van der Waals surface area contributed by atoms with Crippen LogP contribution in [0.1, 0.15) is 53.9 Å². The number of phenols is 4. The van der Waals surface area contributed by atoms with Crippen molar-refractivity contribution in [1.29, 1.82) is 0 Å². The van der Waals surface area contributed by atoms with Crippen molar-refractivity contribution >= 4 is 64.3 Å². The van der Waals surface area contributed by atoms with Crippen LogP contribution in [-0.2, 0) is 9.59 Å². The Hall–Kier alpha value is -8.74. The Morgan fingerprint density at radius 1 is 0.548 bits per heavy atom. The van der Waals surface area contributed by atoms with Gasteiger partial charge in [-0.25, -0.2) is 4.79 Å². The molecule has 0 aromatic heterocycles. The summed E-state index contributed by atoms with van der Waals surface area (Å²) < 4.78 is 15.8. The normalized spacial score (nSPS) is 10.8. The van der Waals surface area contributed by atoms with Gasteiger partial charge in [-0.2, -0.15) is 0 Å². The number of benzene rings is 5. The van der Waals surface area contributed by atoms with Crippen LogP contribution in [-0.4, -0.2) is 88.9 Å². The summed E-state index contributed by atoms with van der Waals surface area (Å²) in [5, 5.41) is 63.7. The third-order valence-electron chi connectivity index (χ3n) is 8.94. The second-order valence-corrected chi connectivity index (χ2v) is 13.0. The molecule has 0 spiro atoms. The van der Waals surface area contributed by atoms with E-state index in [-0.39, 0.29) is 73.6 Å². The predicted molar refractivity (Wildman–Crippen MR) is 225 cm³/mol. The number of aromatic hydroxyl groups is 4. The van der Waals surface area contributed by atoms with E-state index in [0.29, 0.717) is 5.56 Å². The molecular weight excluding hydrogens is 810 g/mol. The minimum absolute atomic E-state index is 0.000186. The zero-order valence-corrected chi connectivity index (χ0v) is 33.3. The summed E-state index contributed by atoms with van der Waals surface area (Å²) >= 11 is 0. The van der Waals surface area contributed by atoms with Crippen LogP contribution in [0.25, 0.3) is 6.08 Å². The number of carbonyl (C=O) groups is 6. The lowest BCUT2D eigenvalue weighted by atomic mass is 10.1. The Balaban J connectivity index is 1.22. The van der Waals surface area contributed by atoms with E-state index in [1.165, 1.54) is 80.9 Å². The molecule has 19 nitrogen and oxygen atoms in total. The van der Waals surface area contributed by atoms with Crippen LogP contribution in [0.4, 0.5) is 22.7 Å². The fraction of sp³-hybridized carbons (Fsp3) is 0.116. The van der Waals surface area contributed by atoms with E-state index in [9.17, 15) is 49.2 Å². The lowest BCUT2D eigenvalue weighted by Gasteiger charge is -2.17. The molecule has 5 aromatic carbocycles. The van der Waals surface area contributed by atoms with Crippen molar-refractivity contribution in [3.8, 4) is 40.2 Å². The van der Waals surface area contributed by atoms with Crippen molar-refractivity contribution < 1.29 is 68.5 Å². The van der Waals surface area contributed by atoms with E-state index in [1.54, 1.807) is 25.1 Å². The monoisotopic (exact) mass is 849 g/mol. The zero-order chi connectivity index (χ0) is 45.2. The number of rotatable bonds is 15. The molecular formula is C43H39N5O14. The van der Waals surface area contributed by atoms with Crippen molar-refractivity contribution in [1.82, 2.24) is 5.32 Å². The van der Waals surface area contributed by atoms with E-state index in [4.69, 9.17) is 19.3 Å². The van der Waals surface area contributed by atoms with Crippen LogP contribution in [0.2, 0.25) is 0 Å². The van der Waals surface area contributed by atoms with Gasteiger partial charge in [-0.3, -0.25) is 24.0 Å². The molecule has 5 amide bonds. The Kier molecular flexibility index (Phi) is 13.8. The second kappa shape index (κ2) is 19.3. The maximum Gasteiger partial charge on any atom is 0.335 e. The Morgan fingerprint density at radius 2 is 1.00 bits per heavy atom. The number of aromatic carboxylic acids is 1. The summed E-state index contributed by atoms with van der Waals surface area (Å²) in [6.45, 7) is 0.916. The number of anilines is 4. The minimum Gasteiger partial charge on any atom is -0.508 e. The molecule has 0 aliphatic heterocycles. The highest BCUT2D eigenvalue weighted by molar-refractivity contribution is 6.11. The van der Waals surface area contributed by atoms with Crippen LogP contribution in [0.3, 0.4) is 0 Å². The Morgan fingerprint density at radius 3 is 1.48 bits per heavy atom. The number of phenolic OH excluding ortho intramolecular Hbond substituents is 4. The number of nitrogens with one attached hydrogen (secondary N) is 5. The molecule has 0 saturated carbocycles. The van der Waals surface area contributed by atoms with Gasteiger partial charge in [0.15, 0.2) is 34.5 Å². The van der Waals surface area contributed by atoms with Gasteiger partial charge in [0, 0.05) is 11.3 Å². The van der Waals surface area contributed by atoms with Crippen LogP contribution < -0.4 is 40.8 Å². The molecule has 0 saturated heterocycles. The van der Waals surface area contributed by atoms with Gasteiger partial charge >= 0.3 is 5.97 Å². The number of hydrogen-bond donors (Lipinski definition) is 10. The SMILES string of the molecule is COc1c(NC(=O)CNC(=O)c2ccc(NC(=O)/C(C)=C/c3ccc(O)cc3)c(OC)c2O)ccc(C(=O)Nc2ccc(C(=O)Nc3ccc(C(=O)O)cc3)c(O)c2OC)c1O. The average Bonchev–Trinajstić information content (AvgIpc) is 3.24. The molecule has 320 valence electrons. The van der Waals surface area contributed by atoms with Crippen molar-refractivity contribution in [2.45, 2.75) is 6.92 Å². The van der Waals surface area contributed by atoms with Gasteiger partial charge < -0.3 is 66.3 Å². The molecule has 19 heteroatoms. The maximum atomic E-state index is 13.3. The number of carbonyl (C=O) groups excluding carboxylic acids is 5. The van der Waals surface area contributed by atoms with Gasteiger partial charge in [-0.15, -0.1) is 0 Å². The molecule has 5 rings (SSSR count). The van der Waals surface area contributed by atoms with Gasteiger partial charge in [-0.05, 0) is 91.4 Å². The predicted octanol–water partition coefficient (Wildman–Crippen LogP) is 5.15. The van der Waals surface area contributed by atoms with E-state index in [1.807, 2.05) is 0 Å². The number of carboxylic acid groups (broad SMARTS) is 1. The number of ether oxygens (including phenoxy) is 3. The molecule has 10 N–H and O–H groups in total. The lowest BCUT2D eigenvalue weighted by molar-refractivity contribution is -0.115. The minimum atomic E-state index is -1.15. The average molecular weight is 850 g/mol. The van der Waals surface area contributed by atoms with Gasteiger partial charge in [-0.1, -0.05) is 12.1 Å². The highest BCUT2D eigenvalue weighted by atomic mass is 16.5. The van der Waals surface area contributed by atoms with E-state index in [0.717, 1.165) is 13.2 Å². The smallest absolute Gasteiger partial charge is 0.335 e. The zero-order valence-electron chi connectivity index (χ0n) is 33.3. The first-order valence-corrected chi connectivity index (χ1v) is 18.1. The van der Waals surface area contributed by atoms with Gasteiger partial charge in [0.25, 0.3) is 23.6 Å². The number of hydrogen-bond acceptors (Lipinski definition) is 13. The molecule has 0 aliphatic rings. The first kappa shape index (κ1) is 44.4. The van der Waals surface area contributed by atoms with Crippen molar-refractivity contribution in [3.05, 3.63) is 118 Å². The van der Waals surface area contributed by atoms with Crippen molar-refractivity contribution in [2.24, 2.45) is 0 Å². The summed E-state index contributed by atoms with van der Waals surface area (Å²) in [6, 6.07) is 18.8. The number of carboxylic acids is 1. The topological polar surface area (TPSA) is 291 Å². The molecule has 0 aliphatic carbocycles. The van der Waals surface area contributed by atoms with Gasteiger partial charge in [0.2, 0.25) is 5.91 Å². The molecule has 0 fully saturated rings. The molecule has 0 bridgehead atoms. The lowest BCUT2D eigenvalue weighted by Crippen LogP contribution is -2.33. The molecule has 0 atom stereocenters. The number of methoxy groups -OCH3 is 3. The summed E-state index contributed by atoms with van der Waals surface area (Å²) in [6.07, 6.45) is 1.57. The van der Waals surface area contributed by atoms with Gasteiger partial charge in [0.05, 0.1) is 67.2 Å². The quantitative estimate of drug-likeness (QED) is 0.0610. The van der Waals surface area contributed by atoms with Crippen LogP contribution in [0.5, 0.6) is 40.2 Å². The number of amides is 5. The molecule has 0 radical (unpaired) electrons. The third-order valence-corrected chi connectivity index (χ3v) is 8.94. The summed E-state index contributed by atoms with van der Waals surface area (Å²) in [7, 11) is 3.56. The third kappa shape index (κ3) is 10.1. The van der Waals surface area contributed by atoms with E-state index >= 15 is 0 Å². The molecule has 5 aromatic rings. The van der Waals surface area contributed by atoms with E-state index in [2.05, 4.69) is 26.6 Å². The molecule has 0 heterocycles. The Bertz CT molecular complexity index is 2610. The molecule has 62 heavy (non-hydrogen) atoms. The van der Waals surface area contributed by atoms with Crippen LogP contribution >= 0.6 is 0 Å². The largest absolute Gasteiger partial charge is 0.508 e. The van der Waals surface area contributed by atoms with Crippen LogP contribution in [0.15, 0.2) is 90.5 Å². The van der Waals surface area contributed by atoms with E-state index < -0.39 is 59.3 Å². The standard InChI is InChI=1S/C43H39N5O14/c1-21(19-22-5-11-25(49)12-6-22)39(54)47-30-17-13-26(33(51)37(30)61-3)40(55)44-20-32(50)46-29-16-14-28(35(53)36(29)60-2)42(57)48-31-18-15-27(34(52)38(31)62-4)41(56)45-24-9-7-23(8-10-24)43(58)59/h5-19,49,51-53H,20H2,1-4H3,(H,44,55)(H,45,56)(H,46,50)(H,47,54)(H,48,57)(H,58,59)/b21-19+. The summed E-state index contributed by atoms with van der Waals surface area (Å²) in [5.74, 6) is -7.83. The fourth-order valence-electron chi connectivity index (χ4n) is 5.82. The fourth-order valence-corrected chi connectivity index (χ4v) is 5.82. The first-order chi connectivity index (χ1) is 29.6. The van der Waals surface area contributed by atoms with Gasteiger partial charge in [0.1, 0.15) is 5.75 Å². The Labute approximate surface area is 352 Å². The summed E-state index contributed by atoms with van der Waals surface area (Å²) in [5.41, 5.74) is 0.161. The van der Waals surface area contributed by atoms with Crippen molar-refractivity contribution in [2.75, 3.05) is 49.1 Å². The highest BCUT2D eigenvalue weighted by Gasteiger charge is 2.25. The maximum absolute atomic E-state index is 13.3. The second-order valence-electron chi connectivity index (χ2n) is 13.0. The summed E-state index contributed by atoms with van der Waals surface area (Å²) in [4.78, 5) is 76.2. The first-order valence-electron chi connectivity index (χ1n) is 18.1. The highest BCUT2D eigenvalue weighted by Crippen LogP contribution is 2.41. The van der Waals surface area contributed by atoms with Crippen LogP contribution in [0, 0.1) is 0 Å².